The van der Waals surface area contributed by atoms with Crippen molar-refractivity contribution in [2.45, 2.75) is 51.0 Å². The molecule has 1 fully saturated rings. The third kappa shape index (κ3) is 2.56. The maximum absolute atomic E-state index is 6.67. The Morgan fingerprint density at radius 1 is 1.16 bits per heavy atom. The molecule has 2 atom stereocenters. The van der Waals surface area contributed by atoms with Gasteiger partial charge in [0.15, 0.2) is 0 Å². The second-order valence-electron chi connectivity index (χ2n) is 6.39. The lowest BCUT2D eigenvalue weighted by molar-refractivity contribution is 0.0243. The molecule has 2 aliphatic rings. The number of hydrogen-bond donors (Lipinski definition) is 1. The van der Waals surface area contributed by atoms with Crippen LogP contribution in [0.5, 0.6) is 0 Å². The molecule has 0 saturated carbocycles. The summed E-state index contributed by atoms with van der Waals surface area (Å²) in [7, 11) is 0. The zero-order valence-electron chi connectivity index (χ0n) is 12.0. The molecule has 2 nitrogen and oxygen atoms in total. The summed E-state index contributed by atoms with van der Waals surface area (Å²) < 4.78 is 5.62. The highest BCUT2D eigenvalue weighted by molar-refractivity contribution is 5.37. The van der Waals surface area contributed by atoms with Crippen molar-refractivity contribution in [1.82, 2.24) is 0 Å². The lowest BCUT2D eigenvalue weighted by Gasteiger charge is -2.37. The van der Waals surface area contributed by atoms with E-state index in [2.05, 4.69) is 25.1 Å². The van der Waals surface area contributed by atoms with Gasteiger partial charge in [-0.15, -0.1) is 0 Å². The van der Waals surface area contributed by atoms with E-state index >= 15 is 0 Å². The summed E-state index contributed by atoms with van der Waals surface area (Å²) in [5, 5.41) is 0. The predicted octanol–water partition coefficient (Wildman–Crippen LogP) is 3.17. The molecule has 1 aliphatic heterocycles. The van der Waals surface area contributed by atoms with Crippen LogP contribution in [0.4, 0.5) is 0 Å². The van der Waals surface area contributed by atoms with Crippen LogP contribution in [0.2, 0.25) is 0 Å². The van der Waals surface area contributed by atoms with E-state index in [1.165, 1.54) is 48.8 Å². The Balaban J connectivity index is 1.87. The van der Waals surface area contributed by atoms with E-state index in [4.69, 9.17) is 10.5 Å². The Kier molecular flexibility index (Phi) is 3.64. The van der Waals surface area contributed by atoms with Crippen molar-refractivity contribution < 1.29 is 4.74 Å². The minimum Gasteiger partial charge on any atom is -0.381 e. The molecule has 1 heterocycles. The van der Waals surface area contributed by atoms with E-state index in [9.17, 15) is 0 Å². The van der Waals surface area contributed by atoms with Gasteiger partial charge in [-0.25, -0.2) is 0 Å². The van der Waals surface area contributed by atoms with Crippen LogP contribution in [-0.2, 0) is 23.1 Å². The monoisotopic (exact) mass is 259 g/mol. The van der Waals surface area contributed by atoms with Crippen molar-refractivity contribution in [3.63, 3.8) is 0 Å². The molecule has 2 unspecified atom stereocenters. The number of nitrogens with two attached hydrogens (primary N) is 1. The van der Waals surface area contributed by atoms with Crippen LogP contribution < -0.4 is 5.73 Å². The Morgan fingerprint density at radius 3 is 2.68 bits per heavy atom. The third-order valence-corrected chi connectivity index (χ3v) is 4.98. The average Bonchev–Trinajstić information content (AvgIpc) is 2.47. The van der Waals surface area contributed by atoms with Gasteiger partial charge >= 0.3 is 0 Å². The summed E-state index contributed by atoms with van der Waals surface area (Å²) in [5.74, 6) is 0.447. The zero-order valence-corrected chi connectivity index (χ0v) is 12.0. The zero-order chi connectivity index (χ0) is 13.3. The number of ether oxygens (including phenoxy) is 1. The minimum absolute atomic E-state index is 0.257. The molecule has 19 heavy (non-hydrogen) atoms. The fraction of sp³-hybridized carbons (Fsp3) is 0.647. The molecule has 2 heteroatoms. The Hall–Kier alpha value is -0.860. The van der Waals surface area contributed by atoms with Gasteiger partial charge in [0.05, 0.1) is 6.61 Å². The first-order valence-electron chi connectivity index (χ1n) is 7.67. The molecule has 1 aromatic rings. The quantitative estimate of drug-likeness (QED) is 0.885. The standard InChI is InChI=1S/C17H25NO/c1-17(18,16-7-4-10-19-12-16)15-9-8-13-5-2-3-6-14(13)11-15/h8-9,11,16H,2-7,10,12,18H2,1H3. The molecule has 1 aliphatic carbocycles. The maximum Gasteiger partial charge on any atom is 0.0515 e. The molecule has 2 N–H and O–H groups in total. The second-order valence-corrected chi connectivity index (χ2v) is 6.39. The Bertz CT molecular complexity index is 447. The van der Waals surface area contributed by atoms with Crippen LogP contribution in [0.15, 0.2) is 18.2 Å². The molecule has 1 saturated heterocycles. The first-order valence-corrected chi connectivity index (χ1v) is 7.67. The molecule has 0 bridgehead atoms. The van der Waals surface area contributed by atoms with Gasteiger partial charge in [-0.2, -0.15) is 0 Å². The van der Waals surface area contributed by atoms with Gasteiger partial charge in [0.2, 0.25) is 0 Å². The van der Waals surface area contributed by atoms with Gasteiger partial charge in [0, 0.05) is 18.1 Å². The topological polar surface area (TPSA) is 35.2 Å². The minimum atomic E-state index is -0.257. The molecular weight excluding hydrogens is 234 g/mol. The SMILES string of the molecule is CC(N)(c1ccc2c(c1)CCCC2)C1CCCOC1. The van der Waals surface area contributed by atoms with Crippen molar-refractivity contribution in [3.8, 4) is 0 Å². The summed E-state index contributed by atoms with van der Waals surface area (Å²) in [6, 6.07) is 6.92. The van der Waals surface area contributed by atoms with E-state index in [-0.39, 0.29) is 5.54 Å². The van der Waals surface area contributed by atoms with Crippen LogP contribution in [0.3, 0.4) is 0 Å². The van der Waals surface area contributed by atoms with Gasteiger partial charge in [0.1, 0.15) is 0 Å². The number of benzene rings is 1. The molecular formula is C17H25NO. The molecule has 1 aromatic carbocycles. The van der Waals surface area contributed by atoms with E-state index < -0.39 is 0 Å². The fourth-order valence-corrected chi connectivity index (χ4v) is 3.52. The van der Waals surface area contributed by atoms with Crippen LogP contribution in [-0.4, -0.2) is 13.2 Å². The first kappa shape index (κ1) is 13.1. The van der Waals surface area contributed by atoms with Crippen LogP contribution >= 0.6 is 0 Å². The maximum atomic E-state index is 6.67. The fourth-order valence-electron chi connectivity index (χ4n) is 3.52. The second kappa shape index (κ2) is 5.26. The lowest BCUT2D eigenvalue weighted by atomic mass is 9.76. The predicted molar refractivity (Wildman–Crippen MR) is 78.2 cm³/mol. The van der Waals surface area contributed by atoms with Gasteiger partial charge in [-0.05, 0) is 62.1 Å². The van der Waals surface area contributed by atoms with Crippen LogP contribution in [0, 0.1) is 5.92 Å². The first-order chi connectivity index (χ1) is 9.18. The van der Waals surface area contributed by atoms with Crippen molar-refractivity contribution in [1.29, 1.82) is 0 Å². The summed E-state index contributed by atoms with van der Waals surface area (Å²) in [5.41, 5.74) is 10.8. The van der Waals surface area contributed by atoms with E-state index in [0.717, 1.165) is 19.6 Å². The lowest BCUT2D eigenvalue weighted by Crippen LogP contribution is -2.45. The van der Waals surface area contributed by atoms with E-state index in [1.807, 2.05) is 0 Å². The van der Waals surface area contributed by atoms with Crippen LogP contribution in [0.1, 0.15) is 49.3 Å². The number of aryl methyl sites for hydroxylation is 2. The van der Waals surface area contributed by atoms with Gasteiger partial charge < -0.3 is 10.5 Å². The van der Waals surface area contributed by atoms with Crippen molar-refractivity contribution in [2.24, 2.45) is 11.7 Å². The number of hydrogen-bond acceptors (Lipinski definition) is 2. The molecule has 0 radical (unpaired) electrons. The van der Waals surface area contributed by atoms with E-state index in [0.29, 0.717) is 5.92 Å². The largest absolute Gasteiger partial charge is 0.381 e. The normalized spacial score (nSPS) is 26.5. The van der Waals surface area contributed by atoms with Gasteiger partial charge in [-0.1, -0.05) is 18.2 Å². The van der Waals surface area contributed by atoms with Crippen LogP contribution in [0.25, 0.3) is 0 Å². The highest BCUT2D eigenvalue weighted by Gasteiger charge is 2.33. The molecule has 0 spiro atoms. The van der Waals surface area contributed by atoms with Crippen molar-refractivity contribution in [3.05, 3.63) is 34.9 Å². The highest BCUT2D eigenvalue weighted by Crippen LogP contribution is 2.34. The third-order valence-electron chi connectivity index (χ3n) is 4.98. The van der Waals surface area contributed by atoms with Crippen molar-refractivity contribution in [2.75, 3.05) is 13.2 Å². The Morgan fingerprint density at radius 2 is 1.95 bits per heavy atom. The summed E-state index contributed by atoms with van der Waals surface area (Å²) in [6.07, 6.45) is 7.45. The smallest absolute Gasteiger partial charge is 0.0515 e. The molecule has 0 amide bonds. The number of fused-ring (bicyclic) bond motifs is 1. The molecule has 104 valence electrons. The van der Waals surface area contributed by atoms with Gasteiger partial charge in [-0.3, -0.25) is 0 Å². The summed E-state index contributed by atoms with van der Waals surface area (Å²) >= 11 is 0. The van der Waals surface area contributed by atoms with Gasteiger partial charge in [0.25, 0.3) is 0 Å². The number of rotatable bonds is 2. The Labute approximate surface area is 116 Å². The molecule has 0 aromatic heterocycles. The molecule has 3 rings (SSSR count). The summed E-state index contributed by atoms with van der Waals surface area (Å²) in [4.78, 5) is 0. The van der Waals surface area contributed by atoms with Crippen molar-refractivity contribution >= 4 is 0 Å². The average molecular weight is 259 g/mol. The highest BCUT2D eigenvalue weighted by atomic mass is 16.5. The summed E-state index contributed by atoms with van der Waals surface area (Å²) in [6.45, 7) is 3.89. The van der Waals surface area contributed by atoms with E-state index in [1.54, 1.807) is 0 Å².